The van der Waals surface area contributed by atoms with E-state index in [2.05, 4.69) is 0 Å². The highest BCUT2D eigenvalue weighted by Gasteiger charge is 2.45. The Labute approximate surface area is 179 Å². The van der Waals surface area contributed by atoms with E-state index >= 15 is 0 Å². The predicted molar refractivity (Wildman–Crippen MR) is 111 cm³/mol. The zero-order valence-corrected chi connectivity index (χ0v) is 17.3. The third-order valence-electron chi connectivity index (χ3n) is 5.38. The minimum atomic E-state index is -0.812. The number of hydrogen-bond acceptors (Lipinski definition) is 6. The van der Waals surface area contributed by atoms with Crippen molar-refractivity contribution >= 4 is 17.4 Å². The van der Waals surface area contributed by atoms with Gasteiger partial charge in [0, 0.05) is 12.1 Å². The van der Waals surface area contributed by atoms with Crippen molar-refractivity contribution in [2.75, 3.05) is 34.0 Å². The highest BCUT2D eigenvalue weighted by molar-refractivity contribution is 6.46. The minimum absolute atomic E-state index is 0.0275. The van der Waals surface area contributed by atoms with Crippen LogP contribution in [0.25, 0.3) is 5.76 Å². The third kappa shape index (κ3) is 3.98. The minimum Gasteiger partial charge on any atom is -0.507 e. The van der Waals surface area contributed by atoms with E-state index in [9.17, 15) is 19.1 Å². The maximum atomic E-state index is 13.5. The molecule has 0 spiro atoms. The molecular formula is C23H23FN2O5. The molecule has 7 nitrogen and oxygen atoms in total. The molecular weight excluding hydrogens is 403 g/mol. The van der Waals surface area contributed by atoms with Gasteiger partial charge >= 0.3 is 0 Å². The highest BCUT2D eigenvalue weighted by Crippen LogP contribution is 2.41. The second-order valence-corrected chi connectivity index (χ2v) is 7.77. The number of ether oxygens (including phenoxy) is 2. The first-order valence-corrected chi connectivity index (χ1v) is 9.95. The molecule has 8 heteroatoms. The lowest BCUT2D eigenvalue weighted by Gasteiger charge is -2.26. The van der Waals surface area contributed by atoms with Gasteiger partial charge < -0.3 is 24.4 Å². The van der Waals surface area contributed by atoms with E-state index in [1.54, 1.807) is 18.2 Å². The zero-order valence-electron chi connectivity index (χ0n) is 17.3. The smallest absolute Gasteiger partial charge is 0.295 e. The maximum Gasteiger partial charge on any atom is 0.295 e. The number of nitrogens with zero attached hydrogens (tertiary/aromatic N) is 2. The molecule has 162 valence electrons. The number of fused-ring (bicyclic) bond motifs is 1. The number of benzene rings is 2. The maximum absolute atomic E-state index is 13.5. The van der Waals surface area contributed by atoms with Crippen molar-refractivity contribution in [3.63, 3.8) is 0 Å². The number of ketones is 1. The second kappa shape index (κ2) is 8.39. The number of carbonyl (C=O) groups excluding carboxylic acids is 2. The van der Waals surface area contributed by atoms with E-state index < -0.39 is 23.5 Å². The Bertz CT molecular complexity index is 1050. The lowest BCUT2D eigenvalue weighted by atomic mass is 9.95. The number of likely N-dealkylation sites (tertiary alicyclic amines) is 1. The number of carbonyl (C=O) groups is 2. The second-order valence-electron chi connectivity index (χ2n) is 7.77. The lowest BCUT2D eigenvalue weighted by Crippen LogP contribution is -2.32. The van der Waals surface area contributed by atoms with Crippen molar-refractivity contribution < 1.29 is 28.6 Å². The van der Waals surface area contributed by atoms with Crippen LogP contribution in [-0.4, -0.2) is 60.6 Å². The van der Waals surface area contributed by atoms with E-state index in [0.29, 0.717) is 35.6 Å². The fourth-order valence-corrected chi connectivity index (χ4v) is 3.86. The summed E-state index contributed by atoms with van der Waals surface area (Å²) in [5.74, 6) is -1.20. The molecule has 0 radical (unpaired) electrons. The summed E-state index contributed by atoms with van der Waals surface area (Å²) in [4.78, 5) is 29.3. The van der Waals surface area contributed by atoms with Crippen molar-refractivity contribution in [3.05, 3.63) is 65.0 Å². The van der Waals surface area contributed by atoms with Crippen LogP contribution in [0.3, 0.4) is 0 Å². The van der Waals surface area contributed by atoms with Crippen LogP contribution in [0.5, 0.6) is 11.5 Å². The average Bonchev–Trinajstić information content (AvgIpc) is 3.31. The van der Waals surface area contributed by atoms with Gasteiger partial charge in [-0.2, -0.15) is 0 Å². The molecule has 0 aliphatic carbocycles. The largest absolute Gasteiger partial charge is 0.507 e. The van der Waals surface area contributed by atoms with Gasteiger partial charge in [-0.05, 0) is 63.0 Å². The fraction of sp³-hybridized carbons (Fsp3) is 0.304. The van der Waals surface area contributed by atoms with Gasteiger partial charge in [-0.1, -0.05) is 12.1 Å². The van der Waals surface area contributed by atoms with E-state index in [-0.39, 0.29) is 18.1 Å². The average molecular weight is 426 g/mol. The highest BCUT2D eigenvalue weighted by atomic mass is 19.1. The lowest BCUT2D eigenvalue weighted by molar-refractivity contribution is -0.139. The summed E-state index contributed by atoms with van der Waals surface area (Å²) in [5.41, 5.74) is 0.857. The van der Waals surface area contributed by atoms with Crippen molar-refractivity contribution in [2.24, 2.45) is 0 Å². The molecule has 1 unspecified atom stereocenters. The number of Topliss-reactive ketones (excluding diaryl/α,β-unsaturated/α-hetero) is 1. The van der Waals surface area contributed by atoms with E-state index in [0.717, 1.165) is 6.54 Å². The molecule has 2 aromatic carbocycles. The van der Waals surface area contributed by atoms with Crippen LogP contribution in [0.15, 0.2) is 48.0 Å². The van der Waals surface area contributed by atoms with Crippen LogP contribution in [0.1, 0.15) is 23.6 Å². The SMILES string of the molecule is CN(C)CCCN1C(=O)C(=O)C(=C(O)c2ccc3c(c2)OCO3)C1c1ccc(F)cc1. The Hall–Kier alpha value is -3.39. The van der Waals surface area contributed by atoms with E-state index in [1.807, 2.05) is 19.0 Å². The van der Waals surface area contributed by atoms with Gasteiger partial charge in [-0.15, -0.1) is 0 Å². The number of halogens is 1. The van der Waals surface area contributed by atoms with Gasteiger partial charge in [0.25, 0.3) is 11.7 Å². The summed E-state index contributed by atoms with van der Waals surface area (Å²) in [6.07, 6.45) is 0.641. The molecule has 0 saturated carbocycles. The molecule has 1 N–H and O–H groups in total. The van der Waals surface area contributed by atoms with Gasteiger partial charge in [-0.25, -0.2) is 4.39 Å². The summed E-state index contributed by atoms with van der Waals surface area (Å²) in [5, 5.41) is 11.1. The molecule has 0 aromatic heterocycles. The molecule has 2 aliphatic rings. The third-order valence-corrected chi connectivity index (χ3v) is 5.38. The summed E-state index contributed by atoms with van der Waals surface area (Å²) >= 11 is 0. The molecule has 0 bridgehead atoms. The molecule has 1 fully saturated rings. The van der Waals surface area contributed by atoms with Crippen molar-refractivity contribution in [2.45, 2.75) is 12.5 Å². The molecule has 1 atom stereocenters. The number of hydrogen-bond donors (Lipinski definition) is 1. The Morgan fingerprint density at radius 1 is 1.13 bits per heavy atom. The number of rotatable bonds is 6. The van der Waals surface area contributed by atoms with Crippen molar-refractivity contribution in [1.82, 2.24) is 9.80 Å². The van der Waals surface area contributed by atoms with E-state index in [4.69, 9.17) is 9.47 Å². The first-order chi connectivity index (χ1) is 14.9. The van der Waals surface area contributed by atoms with Gasteiger partial charge in [0.05, 0.1) is 11.6 Å². The zero-order chi connectivity index (χ0) is 22.1. The molecule has 2 heterocycles. The van der Waals surface area contributed by atoms with Crippen molar-refractivity contribution in [1.29, 1.82) is 0 Å². The van der Waals surface area contributed by atoms with Crippen LogP contribution >= 0.6 is 0 Å². The quantitative estimate of drug-likeness (QED) is 0.435. The number of aliphatic hydroxyl groups is 1. The van der Waals surface area contributed by atoms with Crippen LogP contribution in [0.4, 0.5) is 4.39 Å². The van der Waals surface area contributed by atoms with Crippen LogP contribution in [0, 0.1) is 5.82 Å². The van der Waals surface area contributed by atoms with Gasteiger partial charge in [0.15, 0.2) is 11.5 Å². The van der Waals surface area contributed by atoms with Crippen LogP contribution < -0.4 is 9.47 Å². The Kier molecular flexibility index (Phi) is 5.65. The summed E-state index contributed by atoms with van der Waals surface area (Å²) in [6, 6.07) is 9.59. The summed E-state index contributed by atoms with van der Waals surface area (Å²) < 4.78 is 24.2. The molecule has 4 rings (SSSR count). The fourth-order valence-electron chi connectivity index (χ4n) is 3.86. The van der Waals surface area contributed by atoms with Crippen LogP contribution in [0.2, 0.25) is 0 Å². The normalized spacial score (nSPS) is 19.5. The van der Waals surface area contributed by atoms with Gasteiger partial charge in [-0.3, -0.25) is 9.59 Å². The standard InChI is InChI=1S/C23H23FN2O5/c1-25(2)10-3-11-26-20(14-4-7-16(24)8-5-14)19(22(28)23(26)29)21(27)15-6-9-17-18(12-15)31-13-30-17/h4-9,12,20,27H,3,10-11,13H2,1-2H3. The Balaban J connectivity index is 1.78. The van der Waals surface area contributed by atoms with Gasteiger partial charge in [0.2, 0.25) is 6.79 Å². The molecule has 1 saturated heterocycles. The topological polar surface area (TPSA) is 79.3 Å². The summed E-state index contributed by atoms with van der Waals surface area (Å²) in [6.45, 7) is 1.12. The monoisotopic (exact) mass is 426 g/mol. The molecule has 1 amide bonds. The molecule has 2 aromatic rings. The van der Waals surface area contributed by atoms with Crippen molar-refractivity contribution in [3.8, 4) is 11.5 Å². The van der Waals surface area contributed by atoms with Crippen LogP contribution in [-0.2, 0) is 9.59 Å². The number of aliphatic hydroxyl groups excluding tert-OH is 1. The molecule has 31 heavy (non-hydrogen) atoms. The first-order valence-electron chi connectivity index (χ1n) is 9.95. The molecule has 2 aliphatic heterocycles. The predicted octanol–water partition coefficient (Wildman–Crippen LogP) is 2.93. The first kappa shape index (κ1) is 20.9. The summed E-state index contributed by atoms with van der Waals surface area (Å²) in [7, 11) is 3.84. The Morgan fingerprint density at radius 3 is 2.55 bits per heavy atom. The Morgan fingerprint density at radius 2 is 1.84 bits per heavy atom. The van der Waals surface area contributed by atoms with Gasteiger partial charge in [0.1, 0.15) is 11.6 Å². The number of amides is 1. The van der Waals surface area contributed by atoms with E-state index in [1.165, 1.54) is 29.2 Å².